The van der Waals surface area contributed by atoms with Gasteiger partial charge in [0.15, 0.2) is 0 Å². The molecule has 0 aliphatic rings. The van der Waals surface area contributed by atoms with E-state index in [1.165, 1.54) is 0 Å². The molecule has 0 bridgehead atoms. The summed E-state index contributed by atoms with van der Waals surface area (Å²) in [5.41, 5.74) is 0.153. The monoisotopic (exact) mass is 336 g/mol. The second-order valence-electron chi connectivity index (χ2n) is 5.00. The molecule has 1 aromatic carbocycles. The van der Waals surface area contributed by atoms with Crippen LogP contribution < -0.4 is 5.32 Å². The molecule has 20 heavy (non-hydrogen) atoms. The van der Waals surface area contributed by atoms with Gasteiger partial charge in [0, 0.05) is 11.0 Å². The maximum atomic E-state index is 12.4. The molecule has 0 saturated heterocycles. The van der Waals surface area contributed by atoms with Crippen LogP contribution >= 0.6 is 15.9 Å². The highest BCUT2D eigenvalue weighted by molar-refractivity contribution is 9.10. The number of rotatable bonds is 7. The predicted octanol–water partition coefficient (Wildman–Crippen LogP) is 4.18. The van der Waals surface area contributed by atoms with E-state index in [2.05, 4.69) is 27.3 Å². The van der Waals surface area contributed by atoms with Crippen molar-refractivity contribution >= 4 is 21.8 Å². The van der Waals surface area contributed by atoms with Gasteiger partial charge in [-0.2, -0.15) is 5.26 Å². The number of benzene rings is 1. The van der Waals surface area contributed by atoms with Gasteiger partial charge >= 0.3 is 0 Å². The fourth-order valence-corrected chi connectivity index (χ4v) is 2.59. The molecule has 0 aliphatic heterocycles. The van der Waals surface area contributed by atoms with E-state index < -0.39 is 5.41 Å². The molecule has 0 spiro atoms. The molecule has 0 heterocycles. The highest BCUT2D eigenvalue weighted by Crippen LogP contribution is 2.29. The molecule has 1 aromatic rings. The summed E-state index contributed by atoms with van der Waals surface area (Å²) in [7, 11) is 0. The Kier molecular flexibility index (Phi) is 6.74. The average Bonchev–Trinajstić information content (AvgIpc) is 2.46. The molecule has 1 amide bonds. The maximum absolute atomic E-state index is 12.4. The molecule has 1 N–H and O–H groups in total. The lowest BCUT2D eigenvalue weighted by atomic mass is 9.79. The molecule has 0 aliphatic carbocycles. The van der Waals surface area contributed by atoms with Gasteiger partial charge in [-0.1, -0.05) is 54.8 Å². The van der Waals surface area contributed by atoms with Gasteiger partial charge < -0.3 is 5.32 Å². The first kappa shape index (κ1) is 16.7. The number of nitriles is 1. The normalized spacial score (nSPS) is 10.9. The van der Waals surface area contributed by atoms with E-state index in [0.717, 1.165) is 22.9 Å². The topological polar surface area (TPSA) is 52.9 Å². The lowest BCUT2D eigenvalue weighted by molar-refractivity contribution is -0.129. The first-order chi connectivity index (χ1) is 9.57. The van der Waals surface area contributed by atoms with Gasteiger partial charge in [-0.25, -0.2) is 0 Å². The zero-order valence-corrected chi connectivity index (χ0v) is 13.7. The molecule has 1 rings (SSSR count). The van der Waals surface area contributed by atoms with Crippen molar-refractivity contribution in [3.8, 4) is 6.07 Å². The third kappa shape index (κ3) is 4.35. The maximum Gasteiger partial charge on any atom is 0.240 e. The predicted molar refractivity (Wildman–Crippen MR) is 83.9 cm³/mol. The zero-order chi connectivity index (χ0) is 15.0. The van der Waals surface area contributed by atoms with E-state index in [9.17, 15) is 10.1 Å². The molecule has 0 fully saturated rings. The Hall–Kier alpha value is -1.34. The van der Waals surface area contributed by atoms with Gasteiger partial charge in [-0.15, -0.1) is 0 Å². The van der Waals surface area contributed by atoms with Crippen molar-refractivity contribution in [2.45, 2.75) is 46.1 Å². The molecule has 4 heteroatoms. The van der Waals surface area contributed by atoms with E-state index in [1.807, 2.05) is 38.1 Å². The van der Waals surface area contributed by atoms with E-state index in [4.69, 9.17) is 0 Å². The van der Waals surface area contributed by atoms with Crippen molar-refractivity contribution in [2.24, 2.45) is 5.41 Å². The van der Waals surface area contributed by atoms with Crippen molar-refractivity contribution < 1.29 is 4.79 Å². The van der Waals surface area contributed by atoms with Gasteiger partial charge in [0.05, 0.1) is 6.07 Å². The smallest absolute Gasteiger partial charge is 0.240 e. The summed E-state index contributed by atoms with van der Waals surface area (Å²) in [6.07, 6.45) is 2.89. The summed E-state index contributed by atoms with van der Waals surface area (Å²) in [5, 5.41) is 12.3. The number of carbonyl (C=O) groups excluding carboxylic acids is 1. The Morgan fingerprint density at radius 1 is 1.25 bits per heavy atom. The Morgan fingerprint density at radius 2 is 1.80 bits per heavy atom. The van der Waals surface area contributed by atoms with Crippen molar-refractivity contribution in [1.82, 2.24) is 5.32 Å². The van der Waals surface area contributed by atoms with E-state index in [-0.39, 0.29) is 5.91 Å². The molecular weight excluding hydrogens is 316 g/mol. The number of halogens is 1. The van der Waals surface area contributed by atoms with Gasteiger partial charge in [-0.05, 0) is 30.5 Å². The molecule has 0 aromatic heterocycles. The fourth-order valence-electron chi connectivity index (χ4n) is 2.32. The van der Waals surface area contributed by atoms with Crippen LogP contribution in [0.2, 0.25) is 0 Å². The van der Waals surface area contributed by atoms with Crippen LogP contribution in [-0.2, 0) is 11.3 Å². The zero-order valence-electron chi connectivity index (χ0n) is 12.1. The lowest BCUT2D eigenvalue weighted by Gasteiger charge is -2.24. The third-order valence-electron chi connectivity index (χ3n) is 3.37. The Labute approximate surface area is 129 Å². The van der Waals surface area contributed by atoms with E-state index in [1.54, 1.807) is 0 Å². The summed E-state index contributed by atoms with van der Waals surface area (Å²) in [4.78, 5) is 12.4. The van der Waals surface area contributed by atoms with Crippen LogP contribution in [0.25, 0.3) is 0 Å². The molecule has 0 saturated carbocycles. The molecule has 0 atom stereocenters. The highest BCUT2D eigenvalue weighted by Gasteiger charge is 2.36. The number of carbonyl (C=O) groups is 1. The van der Waals surface area contributed by atoms with Crippen LogP contribution in [0.5, 0.6) is 0 Å². The Morgan fingerprint density at radius 3 is 2.25 bits per heavy atom. The summed E-state index contributed by atoms with van der Waals surface area (Å²) >= 11 is 3.38. The highest BCUT2D eigenvalue weighted by atomic mass is 79.9. The van der Waals surface area contributed by atoms with E-state index in [0.29, 0.717) is 19.4 Å². The van der Waals surface area contributed by atoms with Crippen molar-refractivity contribution in [2.75, 3.05) is 0 Å². The van der Waals surface area contributed by atoms with Crippen LogP contribution in [-0.4, -0.2) is 5.91 Å². The van der Waals surface area contributed by atoms with Crippen molar-refractivity contribution in [1.29, 1.82) is 5.26 Å². The molecule has 3 nitrogen and oxygen atoms in total. The molecular formula is C16H21BrN2O. The lowest BCUT2D eigenvalue weighted by Crippen LogP contribution is -2.39. The SMILES string of the molecule is CCCC(C#N)(CCC)C(=O)NCc1ccc(Br)cc1. The fraction of sp³-hybridized carbons (Fsp3) is 0.500. The second kappa shape index (κ2) is 8.06. The molecule has 0 radical (unpaired) electrons. The van der Waals surface area contributed by atoms with Crippen LogP contribution in [0.1, 0.15) is 45.1 Å². The number of amides is 1. The summed E-state index contributed by atoms with van der Waals surface area (Å²) in [6.45, 7) is 4.47. The molecule has 108 valence electrons. The summed E-state index contributed by atoms with van der Waals surface area (Å²) in [6, 6.07) is 10.0. The number of nitrogens with zero attached hydrogens (tertiary/aromatic N) is 1. The minimum atomic E-state index is -0.876. The minimum Gasteiger partial charge on any atom is -0.351 e. The number of nitrogens with one attached hydrogen (secondary N) is 1. The average molecular weight is 337 g/mol. The van der Waals surface area contributed by atoms with Crippen LogP contribution in [0.4, 0.5) is 0 Å². The summed E-state index contributed by atoms with van der Waals surface area (Å²) < 4.78 is 1.01. The van der Waals surface area contributed by atoms with Crippen LogP contribution in [0.3, 0.4) is 0 Å². The Bertz CT molecular complexity index is 470. The number of hydrogen-bond donors (Lipinski definition) is 1. The summed E-state index contributed by atoms with van der Waals surface area (Å²) in [5.74, 6) is -0.147. The van der Waals surface area contributed by atoms with Gasteiger partial charge in [0.2, 0.25) is 5.91 Å². The van der Waals surface area contributed by atoms with Gasteiger partial charge in [0.25, 0.3) is 0 Å². The first-order valence-corrected chi connectivity index (χ1v) is 7.81. The van der Waals surface area contributed by atoms with Crippen LogP contribution in [0, 0.1) is 16.7 Å². The van der Waals surface area contributed by atoms with Crippen molar-refractivity contribution in [3.63, 3.8) is 0 Å². The molecule has 0 unspecified atom stereocenters. The van der Waals surface area contributed by atoms with Crippen molar-refractivity contribution in [3.05, 3.63) is 34.3 Å². The largest absolute Gasteiger partial charge is 0.351 e. The standard InChI is InChI=1S/C16H21BrN2O/c1-3-9-16(12-18,10-4-2)15(20)19-11-13-5-7-14(17)8-6-13/h5-8H,3-4,9-11H2,1-2H3,(H,19,20). The third-order valence-corrected chi connectivity index (χ3v) is 3.90. The number of hydrogen-bond acceptors (Lipinski definition) is 2. The second-order valence-corrected chi connectivity index (χ2v) is 5.92. The van der Waals surface area contributed by atoms with E-state index >= 15 is 0 Å². The quantitative estimate of drug-likeness (QED) is 0.812. The van der Waals surface area contributed by atoms with Crippen LogP contribution in [0.15, 0.2) is 28.7 Å². The van der Waals surface area contributed by atoms with Gasteiger partial charge in [0.1, 0.15) is 5.41 Å². The first-order valence-electron chi connectivity index (χ1n) is 7.02. The minimum absolute atomic E-state index is 0.147. The Balaban J connectivity index is 2.71. The van der Waals surface area contributed by atoms with Gasteiger partial charge in [-0.3, -0.25) is 4.79 Å².